The Balaban J connectivity index is 1.20. The normalized spacial score (nSPS) is 12.7. The van der Waals surface area contributed by atoms with E-state index in [4.69, 9.17) is 9.97 Å². The Hall–Kier alpha value is -7.82. The van der Waals surface area contributed by atoms with Gasteiger partial charge in [-0.05, 0) is 190 Å². The molecular weight excluding hydrogens is 887 g/mol. The Kier molecular flexibility index (Phi) is 12.3. The Morgan fingerprint density at radius 2 is 1.05 bits per heavy atom. The summed E-state index contributed by atoms with van der Waals surface area (Å²) in [6.07, 6.45) is 5.63. The molecule has 2 aromatic heterocycles. The maximum atomic E-state index is 12.0. The van der Waals surface area contributed by atoms with Crippen LogP contribution >= 0.6 is 0 Å². The highest BCUT2D eigenvalue weighted by atomic mass is 16.3. The number of para-hydroxylation sites is 1. The van der Waals surface area contributed by atoms with Crippen LogP contribution in [-0.2, 0) is 10.8 Å². The monoisotopic (exact) mass is 957 g/mol. The van der Waals surface area contributed by atoms with Crippen LogP contribution in [0.4, 0.5) is 0 Å². The molecule has 1 N–H and O–H groups in total. The molecule has 0 saturated carbocycles. The predicted molar refractivity (Wildman–Crippen MR) is 309 cm³/mol. The van der Waals surface area contributed by atoms with E-state index in [9.17, 15) is 9.22 Å². The molecule has 0 unspecified atom stereocenters. The largest absolute Gasteiger partial charge is 0.507 e. The first-order chi connectivity index (χ1) is 36.6. The number of hydrogen-bond acceptors (Lipinski definition) is 3. The van der Waals surface area contributed by atoms with Crippen LogP contribution in [0.3, 0.4) is 0 Å². The summed E-state index contributed by atoms with van der Waals surface area (Å²) in [5.74, 6) is 0.549. The maximum absolute atomic E-state index is 12.0. The molecule has 0 amide bonds. The molecular formula is C69H67N3O. The van der Waals surface area contributed by atoms with Crippen LogP contribution in [0, 0.1) is 20.7 Å². The van der Waals surface area contributed by atoms with Gasteiger partial charge in [-0.15, -0.1) is 0 Å². The van der Waals surface area contributed by atoms with Crippen LogP contribution < -0.4 is 0 Å². The summed E-state index contributed by atoms with van der Waals surface area (Å²) in [7, 11) is 0. The molecule has 0 fully saturated rings. The van der Waals surface area contributed by atoms with Crippen molar-refractivity contribution in [3.63, 3.8) is 0 Å². The first-order valence-corrected chi connectivity index (χ1v) is 26.0. The summed E-state index contributed by atoms with van der Waals surface area (Å²) >= 11 is 0. The Morgan fingerprint density at radius 3 is 1.68 bits per heavy atom. The van der Waals surface area contributed by atoms with Crippen molar-refractivity contribution in [2.45, 2.75) is 98.8 Å². The molecule has 10 rings (SSSR count). The van der Waals surface area contributed by atoms with Gasteiger partial charge >= 0.3 is 0 Å². The standard InChI is InChI=1S/C69H67N3O/c1-10-68(8,11-2)59-27-21-28-60(69(9,12-3)13-4)64(59)53-34-35-62(46(6)40-53)72-63-29-20-26-57(65(63)71-67(72)58-39-45(5)38-47(7)66(58)73)55-41-54(49-24-18-15-19-25-49)42-56(43-55)61-44-52(36-37-70-61)51-32-30-50(31-33-51)48-22-16-14-17-23-48/h14-44,73H,10-13H2,1-9H3/i6D3. The van der Waals surface area contributed by atoms with Crippen LogP contribution in [0.2, 0.25) is 0 Å². The number of aromatic nitrogens is 3. The number of benzene rings is 8. The molecule has 73 heavy (non-hydrogen) atoms. The molecule has 0 bridgehead atoms. The molecule has 8 aromatic carbocycles. The third-order valence-corrected chi connectivity index (χ3v) is 16.1. The van der Waals surface area contributed by atoms with Crippen LogP contribution in [0.5, 0.6) is 5.75 Å². The molecule has 4 nitrogen and oxygen atoms in total. The average molecular weight is 957 g/mol. The van der Waals surface area contributed by atoms with Gasteiger partial charge in [-0.25, -0.2) is 4.98 Å². The molecule has 0 aliphatic heterocycles. The van der Waals surface area contributed by atoms with E-state index in [1.807, 2.05) is 73.1 Å². The molecule has 0 radical (unpaired) electrons. The molecule has 0 aliphatic rings. The van der Waals surface area contributed by atoms with Crippen LogP contribution in [0.1, 0.15) is 99.2 Å². The molecule has 364 valence electrons. The number of fused-ring (bicyclic) bond motifs is 1. The van der Waals surface area contributed by atoms with Crippen LogP contribution in [0.25, 0.3) is 95.0 Å². The summed E-state index contributed by atoms with van der Waals surface area (Å²) in [5.41, 5.74) is 18.5. The molecule has 10 aromatic rings. The van der Waals surface area contributed by atoms with Crippen molar-refractivity contribution in [3.05, 3.63) is 216 Å². The molecule has 0 spiro atoms. The minimum Gasteiger partial charge on any atom is -0.507 e. The van der Waals surface area contributed by atoms with Crippen molar-refractivity contribution in [1.29, 1.82) is 0 Å². The smallest absolute Gasteiger partial charge is 0.149 e. The molecule has 4 heteroatoms. The Bertz CT molecular complexity index is 3700. The lowest BCUT2D eigenvalue weighted by molar-refractivity contribution is 0.426. The number of nitrogens with zero attached hydrogens (tertiary/aromatic N) is 3. The number of phenols is 1. The molecule has 0 atom stereocenters. The van der Waals surface area contributed by atoms with Gasteiger partial charge < -0.3 is 5.11 Å². The average Bonchev–Trinajstić information content (AvgIpc) is 3.89. The molecule has 0 saturated heterocycles. The molecule has 2 heterocycles. The number of phenolic OH excluding ortho intramolecular Hbond substituents is 1. The topological polar surface area (TPSA) is 50.9 Å². The fourth-order valence-corrected chi connectivity index (χ4v) is 10.9. The fourth-order valence-electron chi connectivity index (χ4n) is 10.9. The SMILES string of the molecule is [2H]C([2H])([2H])c1cc(-c2c(C(C)(CC)CC)cccc2C(C)(CC)CC)ccc1-n1c(-c2cc(C)cc(C)c2O)nc2c(-c3cc(-c4ccccc4)cc(-c4cc(-c5ccc(-c6ccccc6)cc5)ccn4)c3)cccc21. The summed E-state index contributed by atoms with van der Waals surface area (Å²) < 4.78 is 29.9. The van der Waals surface area contributed by atoms with E-state index in [2.05, 4.69) is 175 Å². The fraction of sp³-hybridized carbons (Fsp3) is 0.217. The van der Waals surface area contributed by atoms with Gasteiger partial charge in [0.15, 0.2) is 0 Å². The number of rotatable bonds is 14. The van der Waals surface area contributed by atoms with Crippen LogP contribution in [0.15, 0.2) is 188 Å². The minimum absolute atomic E-state index is 0.0974. The van der Waals surface area contributed by atoms with Gasteiger partial charge in [-0.1, -0.05) is 169 Å². The van der Waals surface area contributed by atoms with E-state index in [-0.39, 0.29) is 22.1 Å². The van der Waals surface area contributed by atoms with Crippen molar-refractivity contribution >= 4 is 11.0 Å². The maximum Gasteiger partial charge on any atom is 0.149 e. The van der Waals surface area contributed by atoms with Gasteiger partial charge in [0.05, 0.1) is 28.0 Å². The van der Waals surface area contributed by atoms with Gasteiger partial charge in [0.1, 0.15) is 11.6 Å². The summed E-state index contributed by atoms with van der Waals surface area (Å²) in [4.78, 5) is 10.5. The lowest BCUT2D eigenvalue weighted by Crippen LogP contribution is -2.25. The second-order valence-corrected chi connectivity index (χ2v) is 20.5. The van der Waals surface area contributed by atoms with Gasteiger partial charge in [0.2, 0.25) is 0 Å². The lowest BCUT2D eigenvalue weighted by Gasteiger charge is -2.36. The third-order valence-electron chi connectivity index (χ3n) is 16.1. The van der Waals surface area contributed by atoms with Crippen molar-refractivity contribution in [2.75, 3.05) is 0 Å². The van der Waals surface area contributed by atoms with E-state index in [1.165, 1.54) is 16.7 Å². The highest BCUT2D eigenvalue weighted by Gasteiger charge is 2.33. The predicted octanol–water partition coefficient (Wildman–Crippen LogP) is 18.9. The zero-order valence-electron chi connectivity index (χ0n) is 46.5. The Labute approximate surface area is 437 Å². The van der Waals surface area contributed by atoms with Crippen molar-refractivity contribution < 1.29 is 9.22 Å². The minimum atomic E-state index is -2.53. The lowest BCUT2D eigenvalue weighted by atomic mass is 9.68. The highest BCUT2D eigenvalue weighted by Crippen LogP contribution is 2.47. The summed E-state index contributed by atoms with van der Waals surface area (Å²) in [6, 6.07) is 62.9. The van der Waals surface area contributed by atoms with Gasteiger partial charge in [0.25, 0.3) is 0 Å². The first-order valence-electron chi connectivity index (χ1n) is 27.5. The van der Waals surface area contributed by atoms with Crippen molar-refractivity contribution in [1.82, 2.24) is 14.5 Å². The number of aryl methyl sites for hydroxylation is 3. The zero-order chi connectivity index (χ0) is 53.5. The van der Waals surface area contributed by atoms with E-state index in [1.54, 1.807) is 0 Å². The second kappa shape index (κ2) is 20.0. The van der Waals surface area contributed by atoms with Crippen molar-refractivity contribution in [3.8, 4) is 89.7 Å². The number of aromatic hydroxyl groups is 1. The number of pyridine rings is 1. The first kappa shape index (κ1) is 45.1. The van der Waals surface area contributed by atoms with Gasteiger partial charge in [-0.3, -0.25) is 9.55 Å². The van der Waals surface area contributed by atoms with E-state index in [0.717, 1.165) is 92.6 Å². The van der Waals surface area contributed by atoms with E-state index < -0.39 is 6.85 Å². The third kappa shape index (κ3) is 9.09. The van der Waals surface area contributed by atoms with E-state index >= 15 is 0 Å². The Morgan fingerprint density at radius 1 is 0.493 bits per heavy atom. The zero-order valence-corrected chi connectivity index (χ0v) is 43.5. The second-order valence-electron chi connectivity index (χ2n) is 20.5. The van der Waals surface area contributed by atoms with Gasteiger partial charge in [0, 0.05) is 21.4 Å². The number of imidazole rings is 1. The highest BCUT2D eigenvalue weighted by molar-refractivity contribution is 5.98. The quantitative estimate of drug-likeness (QED) is 0.118. The molecule has 0 aliphatic carbocycles. The number of hydrogen-bond donors (Lipinski definition) is 1. The van der Waals surface area contributed by atoms with Gasteiger partial charge in [-0.2, -0.15) is 0 Å². The summed E-state index contributed by atoms with van der Waals surface area (Å²) in [6.45, 7) is 15.0. The van der Waals surface area contributed by atoms with Crippen LogP contribution in [-0.4, -0.2) is 19.6 Å². The summed E-state index contributed by atoms with van der Waals surface area (Å²) in [5, 5.41) is 12.0. The van der Waals surface area contributed by atoms with Crippen molar-refractivity contribution in [2.24, 2.45) is 0 Å². The van der Waals surface area contributed by atoms with E-state index in [0.29, 0.717) is 33.7 Å².